The number of carbonyl (C=O) groups excluding carboxylic acids is 2. The molecule has 2 aliphatic heterocycles. The third kappa shape index (κ3) is 7.81. The van der Waals surface area contributed by atoms with Gasteiger partial charge in [-0.25, -0.2) is 18.7 Å². The Hall–Kier alpha value is -5.22. The summed E-state index contributed by atoms with van der Waals surface area (Å²) >= 11 is 0. The number of amides is 3. The van der Waals surface area contributed by atoms with E-state index in [0.717, 1.165) is 22.5 Å². The molecular formula is C37H43FN8O4. The topological polar surface area (TPSA) is 137 Å². The van der Waals surface area contributed by atoms with Crippen LogP contribution in [0.4, 0.5) is 15.0 Å². The van der Waals surface area contributed by atoms with Gasteiger partial charge in [-0.05, 0) is 83.4 Å². The minimum absolute atomic E-state index is 0.132. The molecule has 50 heavy (non-hydrogen) atoms. The molecule has 3 aromatic heterocycles. The Labute approximate surface area is 291 Å². The number of nitriles is 1. The number of nitrogens with one attached hydrogen (secondary N) is 2. The van der Waals surface area contributed by atoms with Crippen molar-refractivity contribution in [2.45, 2.75) is 64.6 Å². The average Bonchev–Trinajstić information content (AvgIpc) is 3.51. The van der Waals surface area contributed by atoms with Crippen molar-refractivity contribution >= 4 is 23.3 Å². The maximum absolute atomic E-state index is 13.8. The van der Waals surface area contributed by atoms with Crippen LogP contribution in [0.25, 0.3) is 16.6 Å². The minimum atomic E-state index is -0.437. The first-order valence-electron chi connectivity index (χ1n) is 16.8. The van der Waals surface area contributed by atoms with Gasteiger partial charge in [-0.3, -0.25) is 4.79 Å². The zero-order valence-electron chi connectivity index (χ0n) is 29.1. The van der Waals surface area contributed by atoms with Crippen LogP contribution in [0.2, 0.25) is 0 Å². The minimum Gasteiger partial charge on any atom is -0.489 e. The molecule has 2 aliphatic rings. The maximum atomic E-state index is 13.8. The Balaban J connectivity index is 1.13. The van der Waals surface area contributed by atoms with Crippen molar-refractivity contribution in [3.05, 3.63) is 77.5 Å². The first kappa shape index (κ1) is 34.6. The van der Waals surface area contributed by atoms with E-state index >= 15 is 0 Å². The molecule has 2 fully saturated rings. The van der Waals surface area contributed by atoms with E-state index in [1.807, 2.05) is 45.9 Å². The summed E-state index contributed by atoms with van der Waals surface area (Å²) in [5, 5.41) is 20.4. The predicted octanol–water partition coefficient (Wildman–Crippen LogP) is 5.09. The molecule has 0 aliphatic carbocycles. The van der Waals surface area contributed by atoms with Gasteiger partial charge in [0.05, 0.1) is 36.6 Å². The van der Waals surface area contributed by atoms with Crippen LogP contribution in [0.5, 0.6) is 5.75 Å². The van der Waals surface area contributed by atoms with Crippen LogP contribution < -0.4 is 20.3 Å². The largest absolute Gasteiger partial charge is 0.489 e. The summed E-state index contributed by atoms with van der Waals surface area (Å²) in [6, 6.07) is 12.1. The summed E-state index contributed by atoms with van der Waals surface area (Å²) in [7, 11) is 0. The van der Waals surface area contributed by atoms with Gasteiger partial charge in [-0.1, -0.05) is 6.07 Å². The monoisotopic (exact) mass is 682 g/mol. The van der Waals surface area contributed by atoms with Gasteiger partial charge in [0.1, 0.15) is 36.2 Å². The molecule has 2 N–H and O–H groups in total. The SMILES string of the molecule is Cc1ccc(F)cc1C(=O)NC1(C)CCN(c2ccc(-c3cc(OC[C@@H]4CN(C(=O)NC(C)(C)C)CCO4)cn4ncc(C#N)c34)cn2)CC1. The van der Waals surface area contributed by atoms with Crippen LogP contribution in [-0.2, 0) is 4.74 Å². The number of nitrogens with zero attached hydrogens (tertiary/aromatic N) is 6. The van der Waals surface area contributed by atoms with Gasteiger partial charge in [-0.15, -0.1) is 0 Å². The Morgan fingerprint density at radius 3 is 2.62 bits per heavy atom. The van der Waals surface area contributed by atoms with Crippen LogP contribution in [0.3, 0.4) is 0 Å². The van der Waals surface area contributed by atoms with E-state index < -0.39 is 11.4 Å². The molecule has 0 radical (unpaired) electrons. The highest BCUT2D eigenvalue weighted by molar-refractivity contribution is 5.96. The molecule has 2 saturated heterocycles. The molecule has 3 amide bonds. The summed E-state index contributed by atoms with van der Waals surface area (Å²) < 4.78 is 27.5. The molecule has 1 atom stereocenters. The van der Waals surface area contributed by atoms with Crippen LogP contribution in [0.15, 0.2) is 55.0 Å². The maximum Gasteiger partial charge on any atom is 0.317 e. The molecule has 262 valence electrons. The number of urea groups is 1. The average molecular weight is 683 g/mol. The number of pyridine rings is 2. The molecule has 12 nitrogen and oxygen atoms in total. The van der Waals surface area contributed by atoms with Crippen molar-refractivity contribution in [1.29, 1.82) is 5.26 Å². The van der Waals surface area contributed by atoms with E-state index in [1.165, 1.54) is 18.3 Å². The highest BCUT2D eigenvalue weighted by atomic mass is 19.1. The van der Waals surface area contributed by atoms with Crippen molar-refractivity contribution in [3.63, 3.8) is 0 Å². The molecule has 5 heterocycles. The van der Waals surface area contributed by atoms with Gasteiger partial charge in [0, 0.05) is 53.6 Å². The predicted molar refractivity (Wildman–Crippen MR) is 187 cm³/mol. The number of anilines is 1. The number of piperidine rings is 1. The third-order valence-corrected chi connectivity index (χ3v) is 9.16. The highest BCUT2D eigenvalue weighted by Crippen LogP contribution is 2.32. The number of aryl methyl sites for hydroxylation is 1. The molecular weight excluding hydrogens is 639 g/mol. The van der Waals surface area contributed by atoms with Crippen LogP contribution in [0, 0.1) is 24.1 Å². The van der Waals surface area contributed by atoms with Crippen molar-refractivity contribution in [1.82, 2.24) is 30.1 Å². The molecule has 0 spiro atoms. The van der Waals surface area contributed by atoms with Crippen molar-refractivity contribution < 1.29 is 23.5 Å². The second-order valence-corrected chi connectivity index (χ2v) is 14.3. The number of ether oxygens (including phenoxy) is 2. The molecule has 4 aromatic rings. The molecule has 0 bridgehead atoms. The molecule has 13 heteroatoms. The molecule has 0 saturated carbocycles. The lowest BCUT2D eigenvalue weighted by Gasteiger charge is -2.40. The Morgan fingerprint density at radius 1 is 1.14 bits per heavy atom. The van der Waals surface area contributed by atoms with E-state index in [9.17, 15) is 19.2 Å². The van der Waals surface area contributed by atoms with E-state index in [1.54, 1.807) is 34.8 Å². The van der Waals surface area contributed by atoms with E-state index in [0.29, 0.717) is 68.0 Å². The first-order chi connectivity index (χ1) is 23.8. The summed E-state index contributed by atoms with van der Waals surface area (Å²) in [5.74, 6) is 0.632. The summed E-state index contributed by atoms with van der Waals surface area (Å²) in [6.07, 6.45) is 6.11. The van der Waals surface area contributed by atoms with E-state index in [2.05, 4.69) is 26.7 Å². The van der Waals surface area contributed by atoms with Gasteiger partial charge in [-0.2, -0.15) is 10.4 Å². The lowest BCUT2D eigenvalue weighted by molar-refractivity contribution is -0.0358. The summed E-state index contributed by atoms with van der Waals surface area (Å²) in [4.78, 5) is 34.4. The van der Waals surface area contributed by atoms with E-state index in [4.69, 9.17) is 14.5 Å². The molecule has 1 aromatic carbocycles. The van der Waals surface area contributed by atoms with Gasteiger partial charge in [0.25, 0.3) is 5.91 Å². The molecule has 0 unspecified atom stereocenters. The van der Waals surface area contributed by atoms with Crippen LogP contribution >= 0.6 is 0 Å². The number of carbonyl (C=O) groups is 2. The second kappa shape index (κ2) is 14.0. The molecule has 6 rings (SSSR count). The fourth-order valence-corrected chi connectivity index (χ4v) is 6.34. The van der Waals surface area contributed by atoms with Gasteiger partial charge < -0.3 is 29.9 Å². The number of morpholine rings is 1. The van der Waals surface area contributed by atoms with Gasteiger partial charge in [0.15, 0.2) is 0 Å². The zero-order valence-corrected chi connectivity index (χ0v) is 29.1. The second-order valence-electron chi connectivity index (χ2n) is 14.3. The third-order valence-electron chi connectivity index (χ3n) is 9.16. The normalized spacial score (nSPS) is 17.7. The number of aromatic nitrogens is 3. The number of rotatable bonds is 7. The smallest absolute Gasteiger partial charge is 0.317 e. The Kier molecular flexibility index (Phi) is 9.67. The quantitative estimate of drug-likeness (QED) is 0.275. The van der Waals surface area contributed by atoms with Crippen LogP contribution in [0.1, 0.15) is 62.0 Å². The summed E-state index contributed by atoms with van der Waals surface area (Å²) in [6.45, 7) is 12.6. The first-order valence-corrected chi connectivity index (χ1v) is 16.8. The van der Waals surface area contributed by atoms with E-state index in [-0.39, 0.29) is 30.2 Å². The lowest BCUT2D eigenvalue weighted by atomic mass is 9.89. The fourth-order valence-electron chi connectivity index (χ4n) is 6.34. The number of benzene rings is 1. The highest BCUT2D eigenvalue weighted by Gasteiger charge is 2.33. The Morgan fingerprint density at radius 2 is 1.92 bits per heavy atom. The number of fused-ring (bicyclic) bond motifs is 1. The number of hydrogen-bond donors (Lipinski definition) is 2. The van der Waals surface area contributed by atoms with Gasteiger partial charge in [0.2, 0.25) is 0 Å². The standard InChI is InChI=1S/C37H43FN8O4/c1-24-6-8-27(38)16-30(24)34(47)42-37(5)10-12-44(13-11-37)32-9-7-25(19-40-32)31-17-28(22-46-33(31)26(18-39)20-41-46)50-23-29-21-45(14-15-49-29)35(48)43-36(2,3)4/h6-9,16-17,19-20,22,29H,10-15,21,23H2,1-5H3,(H,42,47)(H,43,48)/t29-/m0/s1. The number of halogens is 1. The van der Waals surface area contributed by atoms with Gasteiger partial charge >= 0.3 is 6.03 Å². The fraction of sp³-hybridized carbons (Fsp3) is 0.432. The van der Waals surface area contributed by atoms with Crippen molar-refractivity contribution in [2.24, 2.45) is 0 Å². The lowest BCUT2D eigenvalue weighted by Crippen LogP contribution is -2.54. The number of hydrogen-bond acceptors (Lipinski definition) is 8. The van der Waals surface area contributed by atoms with Crippen molar-refractivity contribution in [3.8, 4) is 22.9 Å². The Bertz CT molecular complexity index is 1920. The van der Waals surface area contributed by atoms with Crippen molar-refractivity contribution in [2.75, 3.05) is 44.3 Å². The summed E-state index contributed by atoms with van der Waals surface area (Å²) in [5.41, 5.74) is 2.91. The zero-order chi connectivity index (χ0) is 35.6. The van der Waals surface area contributed by atoms with Crippen LogP contribution in [-0.4, -0.2) is 88.0 Å².